The Bertz CT molecular complexity index is 371. The largest absolute Gasteiger partial charge is 0.370 e. The van der Waals surface area contributed by atoms with Gasteiger partial charge in [0.25, 0.3) is 0 Å². The molecule has 88 valence electrons. The summed E-state index contributed by atoms with van der Waals surface area (Å²) in [5.41, 5.74) is 1.60. The zero-order valence-corrected chi connectivity index (χ0v) is 10.3. The molecule has 0 atom stereocenters. The van der Waals surface area contributed by atoms with Crippen molar-refractivity contribution in [3.63, 3.8) is 0 Å². The van der Waals surface area contributed by atoms with Gasteiger partial charge >= 0.3 is 0 Å². The van der Waals surface area contributed by atoms with Crippen molar-refractivity contribution in [2.75, 3.05) is 23.7 Å². The van der Waals surface area contributed by atoms with Crippen LogP contribution in [0.4, 0.5) is 11.6 Å². The lowest BCUT2D eigenvalue weighted by Crippen LogP contribution is -2.14. The molecule has 0 radical (unpaired) electrons. The molecule has 0 spiro atoms. The van der Waals surface area contributed by atoms with E-state index in [2.05, 4.69) is 41.4 Å². The van der Waals surface area contributed by atoms with Crippen LogP contribution in [0, 0.1) is 12.3 Å². The van der Waals surface area contributed by atoms with Crippen LogP contribution in [0.2, 0.25) is 0 Å². The summed E-state index contributed by atoms with van der Waals surface area (Å²) in [4.78, 5) is 8.52. The van der Waals surface area contributed by atoms with E-state index in [4.69, 9.17) is 0 Å². The van der Waals surface area contributed by atoms with Gasteiger partial charge in [0.15, 0.2) is 0 Å². The number of hydrogen-bond donors (Lipinski definition) is 2. The standard InChI is InChI=1S/C12H20N4/c1-4-13-10-9(2)11(16-8-15-10)14-7-12(3)5-6-12/h8H,4-7H2,1-3H3,(H2,13,14,15,16). The summed E-state index contributed by atoms with van der Waals surface area (Å²) >= 11 is 0. The average Bonchev–Trinajstić information content (AvgIpc) is 2.99. The molecule has 1 aliphatic rings. The molecule has 4 heteroatoms. The van der Waals surface area contributed by atoms with Gasteiger partial charge in [0.1, 0.15) is 18.0 Å². The van der Waals surface area contributed by atoms with E-state index in [1.807, 2.05) is 0 Å². The second kappa shape index (κ2) is 4.28. The molecular weight excluding hydrogens is 200 g/mol. The van der Waals surface area contributed by atoms with Crippen molar-refractivity contribution in [3.8, 4) is 0 Å². The molecule has 16 heavy (non-hydrogen) atoms. The van der Waals surface area contributed by atoms with Crippen LogP contribution < -0.4 is 10.6 Å². The van der Waals surface area contributed by atoms with Gasteiger partial charge in [-0.25, -0.2) is 9.97 Å². The maximum absolute atomic E-state index is 4.29. The third-order valence-electron chi connectivity index (χ3n) is 3.21. The molecule has 1 fully saturated rings. The maximum Gasteiger partial charge on any atom is 0.134 e. The van der Waals surface area contributed by atoms with Gasteiger partial charge in [-0.2, -0.15) is 0 Å². The highest BCUT2D eigenvalue weighted by molar-refractivity contribution is 5.56. The number of hydrogen-bond acceptors (Lipinski definition) is 4. The number of aromatic nitrogens is 2. The second-order valence-electron chi connectivity index (χ2n) is 4.89. The first-order valence-corrected chi connectivity index (χ1v) is 5.94. The molecule has 0 aromatic carbocycles. The summed E-state index contributed by atoms with van der Waals surface area (Å²) in [6.45, 7) is 8.32. The van der Waals surface area contributed by atoms with Gasteiger partial charge in [0.05, 0.1) is 0 Å². The highest BCUT2D eigenvalue weighted by Gasteiger charge is 2.36. The summed E-state index contributed by atoms with van der Waals surface area (Å²) in [6, 6.07) is 0. The van der Waals surface area contributed by atoms with Gasteiger partial charge in [-0.1, -0.05) is 6.92 Å². The number of anilines is 2. The smallest absolute Gasteiger partial charge is 0.134 e. The molecule has 1 saturated carbocycles. The predicted octanol–water partition coefficient (Wildman–Crippen LogP) is 2.43. The van der Waals surface area contributed by atoms with Gasteiger partial charge in [0, 0.05) is 18.7 Å². The van der Waals surface area contributed by atoms with Gasteiger partial charge < -0.3 is 10.6 Å². The van der Waals surface area contributed by atoms with E-state index < -0.39 is 0 Å². The fourth-order valence-corrected chi connectivity index (χ4v) is 1.66. The van der Waals surface area contributed by atoms with Crippen molar-refractivity contribution in [2.45, 2.75) is 33.6 Å². The van der Waals surface area contributed by atoms with Crippen molar-refractivity contribution in [1.82, 2.24) is 9.97 Å². The van der Waals surface area contributed by atoms with Crippen LogP contribution in [-0.4, -0.2) is 23.1 Å². The molecule has 2 N–H and O–H groups in total. The van der Waals surface area contributed by atoms with Crippen molar-refractivity contribution in [3.05, 3.63) is 11.9 Å². The van der Waals surface area contributed by atoms with Crippen molar-refractivity contribution < 1.29 is 0 Å². The van der Waals surface area contributed by atoms with E-state index >= 15 is 0 Å². The number of rotatable bonds is 5. The molecule has 4 nitrogen and oxygen atoms in total. The minimum atomic E-state index is 0.496. The van der Waals surface area contributed by atoms with Crippen LogP contribution in [0.5, 0.6) is 0 Å². The van der Waals surface area contributed by atoms with Crippen LogP contribution in [0.15, 0.2) is 6.33 Å². The SMILES string of the molecule is CCNc1ncnc(NCC2(C)CC2)c1C. The van der Waals surface area contributed by atoms with Crippen LogP contribution in [0.3, 0.4) is 0 Å². The quantitative estimate of drug-likeness (QED) is 0.800. The van der Waals surface area contributed by atoms with Crippen molar-refractivity contribution >= 4 is 11.6 Å². The molecule has 0 amide bonds. The Hall–Kier alpha value is -1.32. The molecule has 0 saturated heterocycles. The minimum Gasteiger partial charge on any atom is -0.370 e. The lowest BCUT2D eigenvalue weighted by molar-refractivity contribution is 0.609. The molecule has 0 aliphatic heterocycles. The van der Waals surface area contributed by atoms with Gasteiger partial charge in [-0.15, -0.1) is 0 Å². The van der Waals surface area contributed by atoms with Crippen LogP contribution in [0.1, 0.15) is 32.3 Å². The highest BCUT2D eigenvalue weighted by atomic mass is 15.1. The highest BCUT2D eigenvalue weighted by Crippen LogP contribution is 2.44. The first kappa shape index (κ1) is 11.2. The molecule has 1 heterocycles. The Morgan fingerprint density at radius 2 is 1.88 bits per heavy atom. The topological polar surface area (TPSA) is 49.8 Å². The van der Waals surface area contributed by atoms with E-state index in [0.29, 0.717) is 5.41 Å². The van der Waals surface area contributed by atoms with E-state index in [-0.39, 0.29) is 0 Å². The van der Waals surface area contributed by atoms with E-state index in [0.717, 1.165) is 30.3 Å². The lowest BCUT2D eigenvalue weighted by Gasteiger charge is -2.14. The summed E-state index contributed by atoms with van der Waals surface area (Å²) < 4.78 is 0. The minimum absolute atomic E-state index is 0.496. The molecule has 2 rings (SSSR count). The van der Waals surface area contributed by atoms with Crippen molar-refractivity contribution in [1.29, 1.82) is 0 Å². The van der Waals surface area contributed by atoms with Gasteiger partial charge in [0.2, 0.25) is 0 Å². The predicted molar refractivity (Wildman–Crippen MR) is 66.8 cm³/mol. The summed E-state index contributed by atoms with van der Waals surface area (Å²) in [6.07, 6.45) is 4.26. The molecule has 1 aromatic rings. The normalized spacial score (nSPS) is 16.9. The zero-order chi connectivity index (χ0) is 11.6. The average molecular weight is 220 g/mol. The zero-order valence-electron chi connectivity index (χ0n) is 10.3. The first-order valence-electron chi connectivity index (χ1n) is 5.94. The molecule has 1 aromatic heterocycles. The third-order valence-corrected chi connectivity index (χ3v) is 3.21. The fourth-order valence-electron chi connectivity index (χ4n) is 1.66. The molecule has 0 unspecified atom stereocenters. The summed E-state index contributed by atoms with van der Waals surface area (Å²) in [5.74, 6) is 1.89. The van der Waals surface area contributed by atoms with Crippen LogP contribution in [0.25, 0.3) is 0 Å². The van der Waals surface area contributed by atoms with E-state index in [1.54, 1.807) is 6.33 Å². The monoisotopic (exact) mass is 220 g/mol. The summed E-state index contributed by atoms with van der Waals surface area (Å²) in [7, 11) is 0. The number of nitrogens with one attached hydrogen (secondary N) is 2. The molecule has 1 aliphatic carbocycles. The second-order valence-corrected chi connectivity index (χ2v) is 4.89. The maximum atomic E-state index is 4.29. The van der Waals surface area contributed by atoms with Crippen molar-refractivity contribution in [2.24, 2.45) is 5.41 Å². The van der Waals surface area contributed by atoms with Crippen LogP contribution >= 0.6 is 0 Å². The molecular formula is C12H20N4. The Balaban J connectivity index is 2.05. The third kappa shape index (κ3) is 2.43. The van der Waals surface area contributed by atoms with Crippen LogP contribution in [-0.2, 0) is 0 Å². The van der Waals surface area contributed by atoms with Gasteiger partial charge in [-0.3, -0.25) is 0 Å². The summed E-state index contributed by atoms with van der Waals surface area (Å²) in [5, 5.41) is 6.66. The first-order chi connectivity index (χ1) is 7.64. The van der Waals surface area contributed by atoms with E-state index in [1.165, 1.54) is 12.8 Å². The number of nitrogens with zero attached hydrogens (tertiary/aromatic N) is 2. The Kier molecular flexibility index (Phi) is 2.99. The Labute approximate surface area is 96.9 Å². The fraction of sp³-hybridized carbons (Fsp3) is 0.667. The lowest BCUT2D eigenvalue weighted by atomic mass is 10.1. The Morgan fingerprint density at radius 3 is 2.44 bits per heavy atom. The molecule has 0 bridgehead atoms. The van der Waals surface area contributed by atoms with Gasteiger partial charge in [-0.05, 0) is 32.1 Å². The Morgan fingerprint density at radius 1 is 1.25 bits per heavy atom. The van der Waals surface area contributed by atoms with E-state index in [9.17, 15) is 0 Å².